The molecule has 0 spiro atoms. The van der Waals surface area contributed by atoms with Crippen LogP contribution in [0, 0.1) is 5.92 Å². The van der Waals surface area contributed by atoms with Gasteiger partial charge in [-0.1, -0.05) is 32.0 Å². The van der Waals surface area contributed by atoms with E-state index in [9.17, 15) is 22.8 Å². The number of aromatic amines is 1. The predicted molar refractivity (Wildman–Crippen MR) is 103 cm³/mol. The first-order valence-electron chi connectivity index (χ1n) is 9.59. The maximum Gasteiger partial charge on any atom is 0.416 e. The second kappa shape index (κ2) is 8.76. The summed E-state index contributed by atoms with van der Waals surface area (Å²) in [5.74, 6) is 0.250. The Bertz CT molecular complexity index is 905. The number of ether oxygens (including phenoxy) is 1. The number of amides is 2. The number of anilines is 1. The lowest BCUT2D eigenvalue weighted by atomic mass is 9.80. The molecule has 3 N–H and O–H groups in total. The largest absolute Gasteiger partial charge is 0.446 e. The highest BCUT2D eigenvalue weighted by Gasteiger charge is 2.35. The van der Waals surface area contributed by atoms with Crippen LogP contribution in [0.1, 0.15) is 49.4 Å². The number of aromatic nitrogens is 2. The number of halogens is 3. The quantitative estimate of drug-likeness (QED) is 0.648. The monoisotopic (exact) mass is 424 g/mol. The molecule has 30 heavy (non-hydrogen) atoms. The number of benzene rings is 1. The Morgan fingerprint density at radius 2 is 1.97 bits per heavy atom. The smallest absolute Gasteiger partial charge is 0.416 e. The van der Waals surface area contributed by atoms with E-state index in [2.05, 4.69) is 20.8 Å². The summed E-state index contributed by atoms with van der Waals surface area (Å²) in [5.41, 5.74) is 0.0175. The molecule has 0 atom stereocenters. The van der Waals surface area contributed by atoms with E-state index in [1.54, 1.807) is 19.9 Å². The molecule has 0 unspecified atom stereocenters. The van der Waals surface area contributed by atoms with Crippen molar-refractivity contribution in [3.8, 4) is 0 Å². The van der Waals surface area contributed by atoms with E-state index in [1.165, 1.54) is 18.2 Å². The lowest BCUT2D eigenvalue weighted by Gasteiger charge is -2.33. The van der Waals surface area contributed by atoms with E-state index in [0.717, 1.165) is 11.8 Å². The Morgan fingerprint density at radius 3 is 2.63 bits per heavy atom. The highest BCUT2D eigenvalue weighted by Crippen LogP contribution is 2.38. The van der Waals surface area contributed by atoms with Crippen LogP contribution in [0.3, 0.4) is 0 Å². The fourth-order valence-electron chi connectivity index (χ4n) is 3.11. The van der Waals surface area contributed by atoms with Gasteiger partial charge in [0.1, 0.15) is 6.10 Å². The Kier molecular flexibility index (Phi) is 6.33. The molecule has 1 aromatic heterocycles. The van der Waals surface area contributed by atoms with E-state index < -0.39 is 17.8 Å². The predicted octanol–water partition coefficient (Wildman–Crippen LogP) is 4.20. The summed E-state index contributed by atoms with van der Waals surface area (Å²) in [6.07, 6.45) is -4.45. The van der Waals surface area contributed by atoms with Crippen LogP contribution in [-0.2, 0) is 22.3 Å². The third-order valence-electron chi connectivity index (χ3n) is 4.93. The molecule has 1 saturated carbocycles. The number of hydrogen-bond acceptors (Lipinski definition) is 4. The van der Waals surface area contributed by atoms with Crippen LogP contribution in [0.4, 0.5) is 23.8 Å². The van der Waals surface area contributed by atoms with E-state index in [0.29, 0.717) is 18.7 Å². The summed E-state index contributed by atoms with van der Waals surface area (Å²) in [6, 6.07) is 6.82. The molecule has 0 radical (unpaired) electrons. The zero-order valence-electron chi connectivity index (χ0n) is 16.5. The first-order chi connectivity index (χ1) is 14.1. The van der Waals surface area contributed by atoms with Crippen LogP contribution in [0.2, 0.25) is 0 Å². The molecule has 162 valence electrons. The average molecular weight is 424 g/mol. The van der Waals surface area contributed by atoms with Gasteiger partial charge in [-0.15, -0.1) is 0 Å². The number of carbonyl (C=O) groups excluding carboxylic acids is 2. The van der Waals surface area contributed by atoms with Crippen molar-refractivity contribution in [1.82, 2.24) is 15.5 Å². The van der Waals surface area contributed by atoms with Crippen molar-refractivity contribution >= 4 is 17.8 Å². The van der Waals surface area contributed by atoms with Crippen LogP contribution >= 0.6 is 0 Å². The second-order valence-corrected chi connectivity index (χ2v) is 7.56. The fourth-order valence-corrected chi connectivity index (χ4v) is 3.11. The molecule has 2 amide bonds. The van der Waals surface area contributed by atoms with E-state index >= 15 is 0 Å². The summed E-state index contributed by atoms with van der Waals surface area (Å²) in [4.78, 5) is 23.6. The zero-order valence-corrected chi connectivity index (χ0v) is 16.5. The molecule has 1 heterocycles. The summed E-state index contributed by atoms with van der Waals surface area (Å²) >= 11 is 0. The molecule has 1 fully saturated rings. The molecule has 1 aliphatic rings. The van der Waals surface area contributed by atoms with E-state index in [-0.39, 0.29) is 36.0 Å². The Hall–Kier alpha value is -3.04. The van der Waals surface area contributed by atoms with Crippen molar-refractivity contribution in [3.63, 3.8) is 0 Å². The third-order valence-corrected chi connectivity index (χ3v) is 4.93. The number of rotatable bonds is 6. The topological polar surface area (TPSA) is 96.1 Å². The molecular weight excluding hydrogens is 401 g/mol. The number of nitrogens with one attached hydrogen (secondary N) is 3. The maximum absolute atomic E-state index is 13.0. The van der Waals surface area contributed by atoms with Gasteiger partial charge in [-0.3, -0.25) is 9.89 Å². The van der Waals surface area contributed by atoms with Crippen LogP contribution in [0.15, 0.2) is 30.3 Å². The number of hydrogen-bond donors (Lipinski definition) is 3. The van der Waals surface area contributed by atoms with Gasteiger partial charge in [0.15, 0.2) is 5.82 Å². The standard InChI is InChI=1S/C20H23F3N4O3/c1-11(2)18(28)25-17-9-16(26-27-17)13-7-14(8-13)30-19(29)24-10-12-5-3-4-6-15(12)20(21,22)23/h3-6,9,11,13-14H,7-8,10H2,1-2H3,(H,24,29)(H2,25,26,27,28)/t13-,14+. The lowest BCUT2D eigenvalue weighted by molar-refractivity contribution is -0.138. The fraction of sp³-hybridized carbons (Fsp3) is 0.450. The summed E-state index contributed by atoms with van der Waals surface area (Å²) in [5, 5.41) is 12.0. The molecule has 0 bridgehead atoms. The Labute approximate surface area is 171 Å². The van der Waals surface area contributed by atoms with Gasteiger partial charge in [0.2, 0.25) is 5.91 Å². The van der Waals surface area contributed by atoms with Gasteiger partial charge in [0.05, 0.1) is 5.56 Å². The van der Waals surface area contributed by atoms with Gasteiger partial charge in [-0.2, -0.15) is 18.3 Å². The van der Waals surface area contributed by atoms with Crippen molar-refractivity contribution in [2.45, 2.75) is 51.4 Å². The third kappa shape index (κ3) is 5.31. The van der Waals surface area contributed by atoms with Crippen molar-refractivity contribution in [2.75, 3.05) is 5.32 Å². The number of alkyl carbamates (subject to hydrolysis) is 1. The molecule has 10 heteroatoms. The minimum atomic E-state index is -4.49. The molecular formula is C20H23F3N4O3. The zero-order chi connectivity index (χ0) is 21.9. The molecule has 2 aromatic rings. The van der Waals surface area contributed by atoms with Crippen molar-refractivity contribution in [1.29, 1.82) is 0 Å². The number of H-pyrrole nitrogens is 1. The Balaban J connectivity index is 1.44. The van der Waals surface area contributed by atoms with Crippen LogP contribution in [0.5, 0.6) is 0 Å². The highest BCUT2D eigenvalue weighted by molar-refractivity contribution is 5.91. The second-order valence-electron chi connectivity index (χ2n) is 7.56. The number of carbonyl (C=O) groups is 2. The molecule has 0 saturated heterocycles. The lowest BCUT2D eigenvalue weighted by Crippen LogP contribution is -2.36. The van der Waals surface area contributed by atoms with Crippen molar-refractivity contribution < 1.29 is 27.5 Å². The minimum absolute atomic E-state index is 0.0260. The molecule has 1 aliphatic carbocycles. The van der Waals surface area contributed by atoms with E-state index in [4.69, 9.17) is 4.74 Å². The van der Waals surface area contributed by atoms with Gasteiger partial charge in [0.25, 0.3) is 0 Å². The number of nitrogens with zero attached hydrogens (tertiary/aromatic N) is 1. The molecule has 3 rings (SSSR count). The number of alkyl halides is 3. The van der Waals surface area contributed by atoms with Gasteiger partial charge in [-0.05, 0) is 24.5 Å². The van der Waals surface area contributed by atoms with E-state index in [1.807, 2.05) is 0 Å². The van der Waals surface area contributed by atoms with Crippen molar-refractivity contribution in [3.05, 3.63) is 47.2 Å². The first kappa shape index (κ1) is 21.7. The first-order valence-corrected chi connectivity index (χ1v) is 9.59. The van der Waals surface area contributed by atoms with Crippen LogP contribution in [0.25, 0.3) is 0 Å². The van der Waals surface area contributed by atoms with Crippen LogP contribution < -0.4 is 10.6 Å². The average Bonchev–Trinajstić information content (AvgIpc) is 3.09. The van der Waals surface area contributed by atoms with Gasteiger partial charge < -0.3 is 15.4 Å². The van der Waals surface area contributed by atoms with Gasteiger partial charge in [-0.25, -0.2) is 4.79 Å². The van der Waals surface area contributed by atoms with Crippen LogP contribution in [-0.4, -0.2) is 28.3 Å². The SMILES string of the molecule is CC(C)C(=O)Nc1cc([C@H]2C[C@@H](OC(=O)NCc3ccccc3C(F)(F)F)C2)[nH]n1. The normalized spacial score (nSPS) is 18.6. The highest BCUT2D eigenvalue weighted by atomic mass is 19.4. The van der Waals surface area contributed by atoms with Gasteiger partial charge in [0, 0.05) is 30.1 Å². The maximum atomic E-state index is 13.0. The molecule has 7 nitrogen and oxygen atoms in total. The summed E-state index contributed by atoms with van der Waals surface area (Å²) in [6.45, 7) is 3.29. The Morgan fingerprint density at radius 1 is 1.27 bits per heavy atom. The summed E-state index contributed by atoms with van der Waals surface area (Å²) in [7, 11) is 0. The van der Waals surface area contributed by atoms with Gasteiger partial charge >= 0.3 is 12.3 Å². The molecule has 1 aromatic carbocycles. The van der Waals surface area contributed by atoms with Crippen molar-refractivity contribution in [2.24, 2.45) is 5.92 Å². The minimum Gasteiger partial charge on any atom is -0.446 e. The summed E-state index contributed by atoms with van der Waals surface area (Å²) < 4.78 is 44.2. The molecule has 0 aliphatic heterocycles.